The van der Waals surface area contributed by atoms with Crippen LogP contribution in [0.15, 0.2) is 73.2 Å². The molecule has 1 N–H and O–H groups in total. The summed E-state index contributed by atoms with van der Waals surface area (Å²) in [5.41, 5.74) is 3.17. The first kappa shape index (κ1) is 15.6. The van der Waals surface area contributed by atoms with Gasteiger partial charge in [-0.3, -0.25) is 9.78 Å². The first-order valence-electron chi connectivity index (χ1n) is 7.96. The maximum absolute atomic E-state index is 12.3. The number of carbonyl (C=O) groups is 1. The summed E-state index contributed by atoms with van der Waals surface area (Å²) in [6.45, 7) is 0. The molecular weight excluding hydrogens is 328 g/mol. The zero-order chi connectivity index (χ0) is 17.8. The number of rotatable bonds is 4. The first-order valence-corrected chi connectivity index (χ1v) is 7.96. The van der Waals surface area contributed by atoms with Crippen LogP contribution in [0.5, 0.6) is 0 Å². The van der Waals surface area contributed by atoms with Gasteiger partial charge in [0.1, 0.15) is 6.33 Å². The van der Waals surface area contributed by atoms with Gasteiger partial charge in [-0.25, -0.2) is 4.68 Å². The third kappa shape index (κ3) is 3.32. The topological polar surface area (TPSA) is 85.6 Å². The number of nitrogens with one attached hydrogen (secondary N) is 1. The Morgan fingerprint density at radius 2 is 1.96 bits per heavy atom. The van der Waals surface area contributed by atoms with Gasteiger partial charge in [-0.05, 0) is 40.8 Å². The minimum absolute atomic E-state index is 0.230. The highest BCUT2D eigenvalue weighted by Gasteiger charge is 2.03. The lowest BCUT2D eigenvalue weighted by Crippen LogP contribution is -2.08. The maximum Gasteiger partial charge on any atom is 0.248 e. The first-order chi connectivity index (χ1) is 12.8. The smallest absolute Gasteiger partial charge is 0.248 e. The van der Waals surface area contributed by atoms with Crippen LogP contribution >= 0.6 is 0 Å². The van der Waals surface area contributed by atoms with Crippen LogP contribution < -0.4 is 5.32 Å². The summed E-state index contributed by atoms with van der Waals surface area (Å²) >= 11 is 0. The zero-order valence-electron chi connectivity index (χ0n) is 13.6. The van der Waals surface area contributed by atoms with E-state index in [9.17, 15) is 4.79 Å². The highest BCUT2D eigenvalue weighted by Crippen LogP contribution is 2.17. The maximum atomic E-state index is 12.3. The van der Waals surface area contributed by atoms with E-state index in [1.165, 1.54) is 17.1 Å². The van der Waals surface area contributed by atoms with E-state index in [0.717, 1.165) is 22.2 Å². The van der Waals surface area contributed by atoms with Crippen molar-refractivity contribution in [1.29, 1.82) is 0 Å². The van der Waals surface area contributed by atoms with Gasteiger partial charge in [-0.1, -0.05) is 30.3 Å². The summed E-state index contributed by atoms with van der Waals surface area (Å²) in [5.74, 6) is -0.230. The second-order valence-electron chi connectivity index (χ2n) is 5.55. The molecule has 0 radical (unpaired) electrons. The molecule has 1 amide bonds. The Kier molecular flexibility index (Phi) is 4.17. The van der Waals surface area contributed by atoms with E-state index in [1.54, 1.807) is 24.4 Å². The molecule has 0 saturated heterocycles. The SMILES string of the molecule is O=C(/C=C/c1cccc2cccnc12)Nc1cccc(-n2cnnn2)c1. The van der Waals surface area contributed by atoms with E-state index in [2.05, 4.69) is 25.8 Å². The highest BCUT2D eigenvalue weighted by molar-refractivity contribution is 6.03. The van der Waals surface area contributed by atoms with Gasteiger partial charge in [0, 0.05) is 28.9 Å². The number of carbonyl (C=O) groups excluding carboxylic acids is 1. The van der Waals surface area contributed by atoms with Crippen molar-refractivity contribution in [2.75, 3.05) is 5.32 Å². The molecule has 2 heterocycles. The van der Waals surface area contributed by atoms with Crippen molar-refractivity contribution in [2.24, 2.45) is 0 Å². The van der Waals surface area contributed by atoms with Gasteiger partial charge in [0.15, 0.2) is 0 Å². The van der Waals surface area contributed by atoms with Gasteiger partial charge in [0.25, 0.3) is 0 Å². The summed E-state index contributed by atoms with van der Waals surface area (Å²) in [6, 6.07) is 17.0. The number of pyridine rings is 1. The molecule has 4 aromatic rings. The molecular formula is C19H14N6O. The standard InChI is InChI=1S/C19H14N6O/c26-18(10-9-15-5-1-4-14-6-3-11-20-19(14)15)22-16-7-2-8-17(12-16)25-13-21-23-24-25/h1-13H,(H,22,26)/b10-9+. The summed E-state index contributed by atoms with van der Waals surface area (Å²) in [4.78, 5) is 16.6. The molecule has 0 fully saturated rings. The van der Waals surface area contributed by atoms with Crippen LogP contribution in [0.25, 0.3) is 22.7 Å². The summed E-state index contributed by atoms with van der Waals surface area (Å²) in [7, 11) is 0. The lowest BCUT2D eigenvalue weighted by Gasteiger charge is -2.05. The van der Waals surface area contributed by atoms with Gasteiger partial charge >= 0.3 is 0 Å². The zero-order valence-corrected chi connectivity index (χ0v) is 13.6. The number of benzene rings is 2. The molecule has 0 aliphatic rings. The second kappa shape index (κ2) is 6.94. The Bertz CT molecular complexity index is 1080. The highest BCUT2D eigenvalue weighted by atomic mass is 16.1. The van der Waals surface area contributed by atoms with Gasteiger partial charge in [-0.15, -0.1) is 5.10 Å². The molecule has 26 heavy (non-hydrogen) atoms. The molecule has 7 nitrogen and oxygen atoms in total. The fraction of sp³-hybridized carbons (Fsp3) is 0. The molecule has 0 spiro atoms. The van der Waals surface area contributed by atoms with Crippen molar-refractivity contribution in [1.82, 2.24) is 25.2 Å². The number of anilines is 1. The molecule has 126 valence electrons. The predicted octanol–water partition coefficient (Wildman–Crippen LogP) is 2.86. The fourth-order valence-corrected chi connectivity index (χ4v) is 2.62. The van der Waals surface area contributed by atoms with Crippen molar-refractivity contribution in [3.63, 3.8) is 0 Å². The number of amides is 1. The van der Waals surface area contributed by atoms with Crippen LogP contribution in [0.3, 0.4) is 0 Å². The summed E-state index contributed by atoms with van der Waals surface area (Å²) in [5, 5.41) is 14.9. The van der Waals surface area contributed by atoms with Gasteiger partial charge < -0.3 is 5.32 Å². The Morgan fingerprint density at radius 1 is 1.08 bits per heavy atom. The summed E-state index contributed by atoms with van der Waals surface area (Å²) < 4.78 is 1.52. The van der Waals surface area contributed by atoms with Crippen LogP contribution in [0.4, 0.5) is 5.69 Å². The van der Waals surface area contributed by atoms with E-state index in [4.69, 9.17) is 0 Å². The van der Waals surface area contributed by atoms with E-state index in [0.29, 0.717) is 5.69 Å². The number of aromatic nitrogens is 5. The molecule has 0 bridgehead atoms. The molecule has 4 rings (SSSR count). The van der Waals surface area contributed by atoms with Crippen LogP contribution in [-0.4, -0.2) is 31.1 Å². The van der Waals surface area contributed by atoms with Gasteiger partial charge in [-0.2, -0.15) is 0 Å². The molecule has 0 atom stereocenters. The van der Waals surface area contributed by atoms with Crippen LogP contribution in [0.1, 0.15) is 5.56 Å². The molecule has 7 heteroatoms. The Morgan fingerprint density at radius 3 is 2.85 bits per heavy atom. The minimum Gasteiger partial charge on any atom is -0.322 e. The van der Waals surface area contributed by atoms with Crippen molar-refractivity contribution >= 4 is 28.6 Å². The van der Waals surface area contributed by atoms with Gasteiger partial charge in [0.05, 0.1) is 11.2 Å². The minimum atomic E-state index is -0.230. The average Bonchev–Trinajstić information content (AvgIpc) is 3.21. The predicted molar refractivity (Wildman–Crippen MR) is 98.6 cm³/mol. The third-order valence-corrected chi connectivity index (χ3v) is 3.81. The molecule has 0 aliphatic heterocycles. The third-order valence-electron chi connectivity index (χ3n) is 3.81. The normalized spacial score (nSPS) is 11.1. The lowest BCUT2D eigenvalue weighted by atomic mass is 10.1. The van der Waals surface area contributed by atoms with Crippen LogP contribution in [-0.2, 0) is 4.79 Å². The van der Waals surface area contributed by atoms with Crippen molar-refractivity contribution in [2.45, 2.75) is 0 Å². The van der Waals surface area contributed by atoms with Crippen LogP contribution in [0, 0.1) is 0 Å². The molecule has 0 saturated carbocycles. The second-order valence-corrected chi connectivity index (χ2v) is 5.55. The molecule has 0 aliphatic carbocycles. The Labute approximate surface area is 149 Å². The van der Waals surface area contributed by atoms with Crippen molar-refractivity contribution in [3.8, 4) is 5.69 Å². The quantitative estimate of drug-likeness (QED) is 0.576. The van der Waals surface area contributed by atoms with Gasteiger partial charge in [0.2, 0.25) is 5.91 Å². The Hall–Kier alpha value is -3.87. The van der Waals surface area contributed by atoms with Crippen LogP contribution in [0.2, 0.25) is 0 Å². The van der Waals surface area contributed by atoms with Crippen molar-refractivity contribution in [3.05, 3.63) is 78.8 Å². The van der Waals surface area contributed by atoms with E-state index < -0.39 is 0 Å². The number of para-hydroxylation sites is 1. The van der Waals surface area contributed by atoms with E-state index in [-0.39, 0.29) is 5.91 Å². The lowest BCUT2D eigenvalue weighted by molar-refractivity contribution is -0.111. The number of fused-ring (bicyclic) bond motifs is 1. The Balaban J connectivity index is 1.52. The number of nitrogens with zero attached hydrogens (tertiary/aromatic N) is 5. The number of tetrazole rings is 1. The summed E-state index contributed by atoms with van der Waals surface area (Å²) in [6.07, 6.45) is 6.49. The number of hydrogen-bond donors (Lipinski definition) is 1. The van der Waals surface area contributed by atoms with E-state index in [1.807, 2.05) is 42.5 Å². The monoisotopic (exact) mass is 342 g/mol. The van der Waals surface area contributed by atoms with Crippen molar-refractivity contribution < 1.29 is 4.79 Å². The fourth-order valence-electron chi connectivity index (χ4n) is 2.62. The molecule has 2 aromatic carbocycles. The number of hydrogen-bond acceptors (Lipinski definition) is 5. The largest absolute Gasteiger partial charge is 0.322 e. The average molecular weight is 342 g/mol. The van der Waals surface area contributed by atoms with E-state index >= 15 is 0 Å². The molecule has 2 aromatic heterocycles. The molecule has 0 unspecified atom stereocenters.